The molecule has 0 fully saturated rings. The Bertz CT molecular complexity index is 439. The van der Waals surface area contributed by atoms with Gasteiger partial charge in [-0.1, -0.05) is 18.7 Å². The first-order valence-corrected chi connectivity index (χ1v) is 7.28. The second kappa shape index (κ2) is 5.22. The molecule has 0 aromatic heterocycles. The van der Waals surface area contributed by atoms with Gasteiger partial charge >= 0.3 is 0 Å². The minimum atomic E-state index is 0.108. The summed E-state index contributed by atoms with van der Waals surface area (Å²) in [5.74, 6) is 1.07. The summed E-state index contributed by atoms with van der Waals surface area (Å²) >= 11 is 1.81. The Morgan fingerprint density at radius 2 is 2.00 bits per heavy atom. The molecular formula is C14H21N3S. The SMILES string of the molecule is CCC1(C)CSC(Nc2ccc(N(C)C)cc2)=N1. The van der Waals surface area contributed by atoms with Gasteiger partial charge in [0.1, 0.15) is 0 Å². The molecule has 1 unspecified atom stereocenters. The van der Waals surface area contributed by atoms with Crippen LogP contribution in [0.15, 0.2) is 29.3 Å². The monoisotopic (exact) mass is 263 g/mol. The van der Waals surface area contributed by atoms with Gasteiger partial charge in [-0.25, -0.2) is 0 Å². The molecule has 0 amide bonds. The first kappa shape index (κ1) is 13.3. The van der Waals surface area contributed by atoms with Crippen molar-refractivity contribution in [1.82, 2.24) is 0 Å². The molecule has 0 spiro atoms. The average Bonchev–Trinajstić information content (AvgIpc) is 2.72. The lowest BCUT2D eigenvalue weighted by Crippen LogP contribution is -2.20. The molecule has 1 aliphatic rings. The smallest absolute Gasteiger partial charge is 0.161 e. The molecule has 98 valence electrons. The standard InChI is InChI=1S/C14H21N3S/c1-5-14(2)10-18-13(16-14)15-11-6-8-12(9-7-11)17(3)4/h6-9H,5,10H2,1-4H3,(H,15,16). The Morgan fingerprint density at radius 3 is 2.50 bits per heavy atom. The fraction of sp³-hybridized carbons (Fsp3) is 0.500. The largest absolute Gasteiger partial charge is 0.378 e. The Hall–Kier alpha value is -1.16. The van der Waals surface area contributed by atoms with Crippen LogP contribution in [-0.2, 0) is 0 Å². The number of nitrogens with one attached hydrogen (secondary N) is 1. The molecule has 0 bridgehead atoms. The summed E-state index contributed by atoms with van der Waals surface area (Å²) in [5.41, 5.74) is 2.42. The van der Waals surface area contributed by atoms with Crippen molar-refractivity contribution in [2.75, 3.05) is 30.1 Å². The van der Waals surface area contributed by atoms with Gasteiger partial charge in [-0.15, -0.1) is 0 Å². The number of hydrogen-bond donors (Lipinski definition) is 1. The normalized spacial score (nSPS) is 22.8. The van der Waals surface area contributed by atoms with E-state index >= 15 is 0 Å². The van der Waals surface area contributed by atoms with Crippen molar-refractivity contribution in [1.29, 1.82) is 0 Å². The Balaban J connectivity index is 2.04. The van der Waals surface area contributed by atoms with E-state index in [0.29, 0.717) is 0 Å². The lowest BCUT2D eigenvalue weighted by molar-refractivity contribution is 0.523. The molecule has 0 radical (unpaired) electrons. The Morgan fingerprint density at radius 1 is 1.33 bits per heavy atom. The van der Waals surface area contributed by atoms with Crippen molar-refractivity contribution in [2.24, 2.45) is 4.99 Å². The summed E-state index contributed by atoms with van der Waals surface area (Å²) in [6.45, 7) is 4.41. The zero-order valence-electron chi connectivity index (χ0n) is 11.5. The van der Waals surface area contributed by atoms with Gasteiger partial charge < -0.3 is 10.2 Å². The lowest BCUT2D eigenvalue weighted by Gasteiger charge is -2.15. The Kier molecular flexibility index (Phi) is 3.85. The predicted octanol–water partition coefficient (Wildman–Crippen LogP) is 3.44. The molecule has 18 heavy (non-hydrogen) atoms. The molecule has 0 aliphatic carbocycles. The van der Waals surface area contributed by atoms with E-state index < -0.39 is 0 Å². The van der Waals surface area contributed by atoms with Crippen LogP contribution in [0.5, 0.6) is 0 Å². The number of hydrogen-bond acceptors (Lipinski definition) is 4. The van der Waals surface area contributed by atoms with E-state index in [1.165, 1.54) is 5.69 Å². The molecule has 1 aromatic carbocycles. The first-order valence-electron chi connectivity index (χ1n) is 6.29. The third-order valence-corrected chi connectivity index (χ3v) is 4.52. The number of thioether (sulfide) groups is 1. The van der Waals surface area contributed by atoms with Gasteiger partial charge in [-0.2, -0.15) is 0 Å². The molecule has 1 N–H and O–H groups in total. The van der Waals surface area contributed by atoms with Gasteiger partial charge in [-0.3, -0.25) is 4.99 Å². The van der Waals surface area contributed by atoms with Gasteiger partial charge in [0.25, 0.3) is 0 Å². The van der Waals surface area contributed by atoms with Gasteiger partial charge in [0.15, 0.2) is 5.17 Å². The second-order valence-corrected chi connectivity index (χ2v) is 6.09. The summed E-state index contributed by atoms with van der Waals surface area (Å²) in [7, 11) is 4.10. The van der Waals surface area contributed by atoms with Crippen molar-refractivity contribution < 1.29 is 0 Å². The minimum Gasteiger partial charge on any atom is -0.378 e. The summed E-state index contributed by atoms with van der Waals surface area (Å²) in [6.07, 6.45) is 1.09. The molecular weight excluding hydrogens is 242 g/mol. The van der Waals surface area contributed by atoms with Gasteiger partial charge in [0.05, 0.1) is 5.54 Å². The molecule has 1 aromatic rings. The van der Waals surface area contributed by atoms with Crippen LogP contribution in [0.2, 0.25) is 0 Å². The van der Waals surface area contributed by atoms with E-state index in [2.05, 4.69) is 48.3 Å². The zero-order chi connectivity index (χ0) is 13.2. The summed E-state index contributed by atoms with van der Waals surface area (Å²) in [6, 6.07) is 8.42. The predicted molar refractivity (Wildman–Crippen MR) is 83.0 cm³/mol. The summed E-state index contributed by atoms with van der Waals surface area (Å²) < 4.78 is 0. The van der Waals surface area contributed by atoms with E-state index in [9.17, 15) is 0 Å². The molecule has 1 heterocycles. The number of benzene rings is 1. The first-order chi connectivity index (χ1) is 8.52. The maximum atomic E-state index is 4.75. The second-order valence-electron chi connectivity index (χ2n) is 5.12. The summed E-state index contributed by atoms with van der Waals surface area (Å²) in [5, 5.41) is 4.43. The van der Waals surface area contributed by atoms with Crippen molar-refractivity contribution in [3.63, 3.8) is 0 Å². The lowest BCUT2D eigenvalue weighted by atomic mass is 10.0. The van der Waals surface area contributed by atoms with Crippen LogP contribution in [0.25, 0.3) is 0 Å². The van der Waals surface area contributed by atoms with Crippen molar-refractivity contribution in [3.8, 4) is 0 Å². The number of nitrogens with zero attached hydrogens (tertiary/aromatic N) is 2. The molecule has 1 atom stereocenters. The highest BCUT2D eigenvalue weighted by Gasteiger charge is 2.28. The van der Waals surface area contributed by atoms with Crippen LogP contribution >= 0.6 is 11.8 Å². The van der Waals surface area contributed by atoms with Crippen LogP contribution in [0, 0.1) is 0 Å². The fourth-order valence-corrected chi connectivity index (χ4v) is 2.94. The van der Waals surface area contributed by atoms with Crippen LogP contribution < -0.4 is 10.2 Å². The number of anilines is 2. The Labute approximate surface area is 114 Å². The maximum Gasteiger partial charge on any atom is 0.161 e. The van der Waals surface area contributed by atoms with Crippen molar-refractivity contribution in [2.45, 2.75) is 25.8 Å². The minimum absolute atomic E-state index is 0.108. The molecule has 1 aliphatic heterocycles. The maximum absolute atomic E-state index is 4.75. The van der Waals surface area contributed by atoms with Gasteiger partial charge in [-0.05, 0) is 37.6 Å². The molecule has 3 nitrogen and oxygen atoms in total. The molecule has 0 saturated heterocycles. The highest BCUT2D eigenvalue weighted by molar-refractivity contribution is 8.14. The van der Waals surface area contributed by atoms with Gasteiger partial charge in [0, 0.05) is 31.2 Å². The molecule has 2 rings (SSSR count). The van der Waals surface area contributed by atoms with E-state index in [-0.39, 0.29) is 5.54 Å². The van der Waals surface area contributed by atoms with E-state index in [0.717, 1.165) is 23.0 Å². The molecule has 0 saturated carbocycles. The third-order valence-electron chi connectivity index (χ3n) is 3.29. The topological polar surface area (TPSA) is 27.6 Å². The highest BCUT2D eigenvalue weighted by atomic mass is 32.2. The van der Waals surface area contributed by atoms with Crippen molar-refractivity contribution in [3.05, 3.63) is 24.3 Å². The third kappa shape index (κ3) is 2.99. The summed E-state index contributed by atoms with van der Waals surface area (Å²) in [4.78, 5) is 6.85. The van der Waals surface area contributed by atoms with Crippen molar-refractivity contribution >= 4 is 28.3 Å². The number of aliphatic imine (C=N–C) groups is 1. The fourth-order valence-electron chi connectivity index (χ4n) is 1.75. The van der Waals surface area contributed by atoms with Crippen LogP contribution in [0.1, 0.15) is 20.3 Å². The van der Waals surface area contributed by atoms with Crippen LogP contribution in [-0.4, -0.2) is 30.6 Å². The van der Waals surface area contributed by atoms with E-state index in [1.54, 1.807) is 0 Å². The van der Waals surface area contributed by atoms with Gasteiger partial charge in [0.2, 0.25) is 0 Å². The van der Waals surface area contributed by atoms with E-state index in [4.69, 9.17) is 4.99 Å². The van der Waals surface area contributed by atoms with Crippen LogP contribution in [0.3, 0.4) is 0 Å². The zero-order valence-corrected chi connectivity index (χ0v) is 12.3. The number of amidine groups is 1. The average molecular weight is 263 g/mol. The van der Waals surface area contributed by atoms with E-state index in [1.807, 2.05) is 25.9 Å². The quantitative estimate of drug-likeness (QED) is 0.905. The highest BCUT2D eigenvalue weighted by Crippen LogP contribution is 2.30. The number of rotatable bonds is 3. The van der Waals surface area contributed by atoms with Crippen LogP contribution in [0.4, 0.5) is 11.4 Å². The molecule has 4 heteroatoms.